The number of Topliss-reactive ketones (excluding diaryl/α,β-unsaturated/α-hetero) is 1. The summed E-state index contributed by atoms with van der Waals surface area (Å²) in [6, 6.07) is 19.1. The second-order valence-corrected chi connectivity index (χ2v) is 18.4. The lowest BCUT2D eigenvalue weighted by Crippen LogP contribution is -2.41. The lowest BCUT2D eigenvalue weighted by molar-refractivity contribution is -0.120. The zero-order valence-corrected chi connectivity index (χ0v) is 36.8. The number of carbonyl (C=O) groups is 2. The fourth-order valence-electron chi connectivity index (χ4n) is 8.80. The highest BCUT2D eigenvalue weighted by molar-refractivity contribution is 7.92. The summed E-state index contributed by atoms with van der Waals surface area (Å²) < 4.78 is 44.6. The minimum absolute atomic E-state index is 0.00634. The average Bonchev–Trinajstić information content (AvgIpc) is 3.54. The molecule has 4 aromatic rings. The van der Waals surface area contributed by atoms with Gasteiger partial charge in [-0.25, -0.2) is 8.42 Å². The van der Waals surface area contributed by atoms with E-state index >= 15 is 0 Å². The smallest absolute Gasteiger partial charge is 0.273 e. The number of ether oxygens (including phenoxy) is 2. The molecule has 3 aliphatic carbocycles. The number of nitrogens with one attached hydrogen (secondary N) is 2. The molecule has 12 heteroatoms. The Bertz CT molecular complexity index is 2260. The second kappa shape index (κ2) is 21.1. The van der Waals surface area contributed by atoms with Crippen LogP contribution in [0.25, 0.3) is 0 Å². The van der Waals surface area contributed by atoms with Crippen LogP contribution < -0.4 is 19.5 Å². The highest BCUT2D eigenvalue weighted by Crippen LogP contribution is 2.52. The Balaban J connectivity index is 1.12. The topological polar surface area (TPSA) is 140 Å². The van der Waals surface area contributed by atoms with Crippen LogP contribution in [0.1, 0.15) is 154 Å². The molecule has 0 aliphatic heterocycles. The third-order valence-corrected chi connectivity index (χ3v) is 13.8. The maximum Gasteiger partial charge on any atom is 0.273 e. The quantitative estimate of drug-likeness (QED) is 0.0430. The summed E-state index contributed by atoms with van der Waals surface area (Å²) in [5, 5.41) is 12.1. The predicted molar refractivity (Wildman–Crippen MR) is 238 cm³/mol. The van der Waals surface area contributed by atoms with E-state index in [1.165, 1.54) is 88.1 Å². The van der Waals surface area contributed by atoms with Gasteiger partial charge >= 0.3 is 0 Å². The summed E-state index contributed by atoms with van der Waals surface area (Å²) in [6.45, 7) is 4.60. The molecule has 1 unspecified atom stereocenters. The van der Waals surface area contributed by atoms with Crippen LogP contribution in [0.3, 0.4) is 0 Å². The van der Waals surface area contributed by atoms with E-state index in [2.05, 4.69) is 27.6 Å². The minimum atomic E-state index is -4.19. The summed E-state index contributed by atoms with van der Waals surface area (Å²) in [5.74, 6) is -0.103. The van der Waals surface area contributed by atoms with Crippen molar-refractivity contribution >= 4 is 44.7 Å². The number of carbonyl (C=O) groups excluding carboxylic acids is 2. The Labute approximate surface area is 361 Å². The van der Waals surface area contributed by atoms with Crippen LogP contribution in [0.2, 0.25) is 5.02 Å². The molecule has 2 N–H and O–H groups in total. The molecule has 7 rings (SSSR count). The van der Waals surface area contributed by atoms with Crippen molar-refractivity contribution in [3.63, 3.8) is 0 Å². The maximum absolute atomic E-state index is 14.6. The fraction of sp³-hybridized carbons (Fsp3) is 0.479. The van der Waals surface area contributed by atoms with Crippen molar-refractivity contribution in [3.8, 4) is 17.6 Å². The van der Waals surface area contributed by atoms with Crippen molar-refractivity contribution in [3.05, 3.63) is 99.8 Å². The normalized spacial score (nSPS) is 16.1. The summed E-state index contributed by atoms with van der Waals surface area (Å²) in [7, 11) is -2.22. The number of aromatic nitrogens is 1. The van der Waals surface area contributed by atoms with Crippen molar-refractivity contribution in [1.29, 1.82) is 5.26 Å². The van der Waals surface area contributed by atoms with Crippen molar-refractivity contribution < 1.29 is 27.5 Å². The van der Waals surface area contributed by atoms with Crippen LogP contribution >= 0.6 is 11.6 Å². The Hall–Kier alpha value is -4.79. The third kappa shape index (κ3) is 10.9. The minimum Gasteiger partial charge on any atom is -0.491 e. The van der Waals surface area contributed by atoms with Crippen LogP contribution in [0.4, 0.5) is 11.4 Å². The zero-order valence-electron chi connectivity index (χ0n) is 35.2. The molecule has 1 atom stereocenters. The third-order valence-electron chi connectivity index (χ3n) is 12.1. The van der Waals surface area contributed by atoms with E-state index in [4.69, 9.17) is 21.1 Å². The number of benzene rings is 3. The van der Waals surface area contributed by atoms with Gasteiger partial charge in [-0.1, -0.05) is 101 Å². The number of fused-ring (bicyclic) bond motifs is 2. The molecule has 3 aliphatic rings. The Morgan fingerprint density at radius 1 is 0.850 bits per heavy atom. The predicted octanol–water partition coefficient (Wildman–Crippen LogP) is 11.8. The highest BCUT2D eigenvalue weighted by Gasteiger charge is 2.43. The van der Waals surface area contributed by atoms with E-state index in [-0.39, 0.29) is 33.0 Å². The van der Waals surface area contributed by atoms with E-state index in [1.807, 2.05) is 14.0 Å². The van der Waals surface area contributed by atoms with Crippen LogP contribution in [0.5, 0.6) is 11.5 Å². The van der Waals surface area contributed by atoms with Gasteiger partial charge in [-0.15, -0.1) is 0 Å². The molecule has 10 nitrogen and oxygen atoms in total. The highest BCUT2D eigenvalue weighted by atomic mass is 35.5. The van der Waals surface area contributed by atoms with E-state index < -0.39 is 27.8 Å². The SMILES string of the molecule is CCCCCCCCCCCCCCOc1ccccc1NS(=O)(=O)c1ccc(Cl)c(NC(=O)C(Oc2ccc(C#N)cc2)C(=O)c2c3c(n(C)c2C)C2CCC3CC2)c1. The van der Waals surface area contributed by atoms with E-state index in [0.717, 1.165) is 61.9 Å². The van der Waals surface area contributed by atoms with Crippen molar-refractivity contribution in [2.75, 3.05) is 16.6 Å². The molecule has 1 aromatic heterocycles. The molecular weight excluding hydrogens is 796 g/mol. The van der Waals surface area contributed by atoms with Crippen LogP contribution in [0.15, 0.2) is 71.6 Å². The lowest BCUT2D eigenvalue weighted by Gasteiger charge is -2.37. The fourth-order valence-corrected chi connectivity index (χ4v) is 10.1. The molecule has 320 valence electrons. The number of halogens is 1. The number of ketones is 1. The van der Waals surface area contributed by atoms with Gasteiger partial charge < -0.3 is 19.4 Å². The van der Waals surface area contributed by atoms with Crippen molar-refractivity contribution in [1.82, 2.24) is 4.57 Å². The summed E-state index contributed by atoms with van der Waals surface area (Å²) >= 11 is 6.57. The number of nitriles is 1. The molecule has 1 amide bonds. The van der Waals surface area contributed by atoms with Gasteiger partial charge in [-0.05, 0) is 111 Å². The maximum atomic E-state index is 14.6. The Morgan fingerprint density at radius 2 is 1.47 bits per heavy atom. The van der Waals surface area contributed by atoms with E-state index in [1.54, 1.807) is 36.4 Å². The standard InChI is InChI=1S/C48H59ClN4O6S/c1-4-5-6-7-8-9-10-11-12-13-14-17-30-58-42-19-16-15-18-40(42)52-60(56,57)38-28-29-39(49)41(31-38)51-48(55)47(59-37-26-20-34(32-50)21-27-37)46(54)43-33(2)53(3)45-36-24-22-35(23-25-36)44(43)45/h15-16,18-21,26-29,31,35-36,47,52H,4-14,17,22-25,30H2,1-3H3,(H,51,55). The molecular formula is C48H59ClN4O6S. The number of nitrogens with zero attached hydrogens (tertiary/aromatic N) is 2. The number of rotatable bonds is 23. The molecule has 1 fully saturated rings. The van der Waals surface area contributed by atoms with Crippen LogP contribution in [-0.4, -0.2) is 37.4 Å². The molecule has 0 saturated heterocycles. The first kappa shape index (κ1) is 44.8. The first-order valence-electron chi connectivity index (χ1n) is 21.8. The van der Waals surface area contributed by atoms with Gasteiger partial charge in [0.1, 0.15) is 11.5 Å². The van der Waals surface area contributed by atoms with Crippen LogP contribution in [0, 0.1) is 18.3 Å². The molecule has 60 heavy (non-hydrogen) atoms. The number of unbranched alkanes of at least 4 members (excludes halogenated alkanes) is 11. The van der Waals surface area contributed by atoms with E-state index in [9.17, 15) is 23.3 Å². The Morgan fingerprint density at radius 3 is 2.12 bits per heavy atom. The van der Waals surface area contributed by atoms with Crippen molar-refractivity contribution in [2.24, 2.45) is 7.05 Å². The molecule has 0 radical (unpaired) electrons. The number of amides is 1. The lowest BCUT2D eigenvalue weighted by atomic mass is 9.68. The number of para-hydroxylation sites is 2. The summed E-state index contributed by atoms with van der Waals surface area (Å²) in [6.07, 6.45) is 17.3. The second-order valence-electron chi connectivity index (χ2n) is 16.3. The van der Waals surface area contributed by atoms with Gasteiger partial charge in [0.05, 0.1) is 39.5 Å². The van der Waals surface area contributed by atoms with Crippen LogP contribution in [-0.2, 0) is 21.9 Å². The number of sulfonamides is 1. The number of hydrogen-bond donors (Lipinski definition) is 2. The van der Waals surface area contributed by atoms with E-state index in [0.29, 0.717) is 29.4 Å². The number of anilines is 2. The Kier molecular flexibility index (Phi) is 15.8. The molecule has 1 saturated carbocycles. The van der Waals surface area contributed by atoms with Gasteiger partial charge in [0, 0.05) is 24.0 Å². The molecule has 1 heterocycles. The van der Waals surface area contributed by atoms with Gasteiger partial charge in [0.15, 0.2) is 0 Å². The summed E-state index contributed by atoms with van der Waals surface area (Å²) in [5.41, 5.74) is 4.08. The van der Waals surface area contributed by atoms with Gasteiger partial charge in [-0.2, -0.15) is 5.26 Å². The molecule has 3 aromatic carbocycles. The monoisotopic (exact) mass is 854 g/mol. The van der Waals surface area contributed by atoms with Gasteiger partial charge in [0.2, 0.25) is 11.9 Å². The zero-order chi connectivity index (χ0) is 42.6. The van der Waals surface area contributed by atoms with Gasteiger partial charge in [-0.3, -0.25) is 14.3 Å². The number of hydrogen-bond acceptors (Lipinski definition) is 7. The van der Waals surface area contributed by atoms with Gasteiger partial charge in [0.25, 0.3) is 15.9 Å². The molecule has 2 bridgehead atoms. The average molecular weight is 856 g/mol. The van der Waals surface area contributed by atoms with Crippen molar-refractivity contribution in [2.45, 2.75) is 139 Å². The first-order chi connectivity index (χ1) is 29.0. The molecule has 0 spiro atoms. The largest absolute Gasteiger partial charge is 0.491 e. The first-order valence-corrected chi connectivity index (χ1v) is 23.6. The summed E-state index contributed by atoms with van der Waals surface area (Å²) in [4.78, 5) is 28.7.